The van der Waals surface area contributed by atoms with E-state index in [1.807, 2.05) is 12.1 Å². The number of anilines is 1. The number of amides is 2. The Labute approximate surface area is 201 Å². The molecule has 0 heterocycles. The van der Waals surface area contributed by atoms with Crippen molar-refractivity contribution >= 4 is 46.1 Å². The highest BCUT2D eigenvalue weighted by atomic mass is 32.2. The van der Waals surface area contributed by atoms with Gasteiger partial charge in [-0.1, -0.05) is 60.3 Å². The first-order chi connectivity index (χ1) is 16.5. The van der Waals surface area contributed by atoms with Crippen LogP contribution in [0.4, 0.5) is 16.2 Å². The number of carbonyl (C=O) groups excluding carboxylic acids is 3. The predicted octanol–water partition coefficient (Wildman–Crippen LogP) is 4.64. The van der Waals surface area contributed by atoms with Gasteiger partial charge < -0.3 is 14.8 Å². The second-order valence-electron chi connectivity index (χ2n) is 6.81. The smallest absolute Gasteiger partial charge is 0.412 e. The molecular formula is C25H23N3O5S. The lowest BCUT2D eigenvalue weighted by Crippen LogP contribution is -2.27. The fraction of sp³-hybridized carbons (Fsp3) is 0.120. The van der Waals surface area contributed by atoms with E-state index in [1.54, 1.807) is 73.0 Å². The molecule has 0 bridgehead atoms. The summed E-state index contributed by atoms with van der Waals surface area (Å²) in [6.07, 6.45) is 1.09. The molecule has 8 nitrogen and oxygen atoms in total. The SMILES string of the molecule is COC(=O)NC(=Nc1ccc(NC(=O)COc2ccccc2)c(C(=O)c2ccccc2)c1)SC. The Balaban J connectivity index is 1.87. The van der Waals surface area contributed by atoms with Crippen LogP contribution >= 0.6 is 11.8 Å². The summed E-state index contributed by atoms with van der Waals surface area (Å²) in [5.74, 6) is -0.145. The van der Waals surface area contributed by atoms with Crippen LogP contribution in [0.25, 0.3) is 0 Å². The molecule has 0 aliphatic rings. The standard InChI is InChI=1S/C25H23N3O5S/c1-32-25(31)28-24(34-2)26-18-13-14-21(20(15-18)23(30)17-9-5-3-6-10-17)27-22(29)16-33-19-11-7-4-8-12-19/h3-15H,16H2,1-2H3,(H,27,29)(H,26,28,31). The number of para-hydroxylation sites is 1. The van der Waals surface area contributed by atoms with Gasteiger partial charge >= 0.3 is 6.09 Å². The van der Waals surface area contributed by atoms with Gasteiger partial charge in [0.1, 0.15) is 5.75 Å². The Morgan fingerprint density at radius 3 is 2.26 bits per heavy atom. The van der Waals surface area contributed by atoms with Gasteiger partial charge in [-0.2, -0.15) is 0 Å². The molecule has 174 valence electrons. The molecule has 3 aromatic rings. The average Bonchev–Trinajstić information content (AvgIpc) is 2.88. The lowest BCUT2D eigenvalue weighted by molar-refractivity contribution is -0.118. The molecule has 3 aromatic carbocycles. The molecule has 9 heteroatoms. The number of rotatable bonds is 7. The van der Waals surface area contributed by atoms with Gasteiger partial charge in [0.05, 0.1) is 18.5 Å². The van der Waals surface area contributed by atoms with Gasteiger partial charge in [0.15, 0.2) is 17.6 Å². The summed E-state index contributed by atoms with van der Waals surface area (Å²) in [6, 6.07) is 22.4. The highest BCUT2D eigenvalue weighted by Gasteiger charge is 2.17. The Hall–Kier alpha value is -4.11. The molecule has 0 aliphatic heterocycles. The maximum atomic E-state index is 13.2. The van der Waals surface area contributed by atoms with Gasteiger partial charge in [-0.15, -0.1) is 0 Å². The van der Waals surface area contributed by atoms with Crippen LogP contribution in [-0.4, -0.2) is 42.9 Å². The van der Waals surface area contributed by atoms with Crippen molar-refractivity contribution in [1.82, 2.24) is 5.32 Å². The lowest BCUT2D eigenvalue weighted by atomic mass is 10.0. The number of alkyl carbamates (subject to hydrolysis) is 1. The van der Waals surface area contributed by atoms with E-state index in [0.717, 1.165) is 0 Å². The van der Waals surface area contributed by atoms with E-state index in [0.29, 0.717) is 22.7 Å². The molecular weight excluding hydrogens is 454 g/mol. The molecule has 0 saturated carbocycles. The molecule has 3 rings (SSSR count). The largest absolute Gasteiger partial charge is 0.484 e. The van der Waals surface area contributed by atoms with E-state index in [-0.39, 0.29) is 23.1 Å². The third kappa shape index (κ3) is 6.94. The van der Waals surface area contributed by atoms with Crippen molar-refractivity contribution in [1.29, 1.82) is 0 Å². The maximum absolute atomic E-state index is 13.2. The van der Waals surface area contributed by atoms with Crippen LogP contribution in [-0.2, 0) is 9.53 Å². The number of nitrogens with one attached hydrogen (secondary N) is 2. The van der Waals surface area contributed by atoms with Crippen LogP contribution in [0.5, 0.6) is 5.75 Å². The van der Waals surface area contributed by atoms with Gasteiger partial charge in [0, 0.05) is 11.1 Å². The van der Waals surface area contributed by atoms with Crippen LogP contribution in [0.2, 0.25) is 0 Å². The number of carbonyl (C=O) groups is 3. The Morgan fingerprint density at radius 1 is 0.941 bits per heavy atom. The monoisotopic (exact) mass is 477 g/mol. The quantitative estimate of drug-likeness (QED) is 0.292. The minimum atomic E-state index is -0.656. The fourth-order valence-electron chi connectivity index (χ4n) is 2.88. The summed E-state index contributed by atoms with van der Waals surface area (Å²) >= 11 is 1.21. The van der Waals surface area contributed by atoms with Crippen molar-refractivity contribution in [2.24, 2.45) is 4.99 Å². The summed E-state index contributed by atoms with van der Waals surface area (Å²) in [6.45, 7) is -0.220. The number of ether oxygens (including phenoxy) is 2. The van der Waals surface area contributed by atoms with Crippen LogP contribution in [0, 0.1) is 0 Å². The minimum Gasteiger partial charge on any atom is -0.484 e. The molecule has 0 saturated heterocycles. The van der Waals surface area contributed by atoms with Crippen molar-refractivity contribution < 1.29 is 23.9 Å². The van der Waals surface area contributed by atoms with Crippen LogP contribution in [0.1, 0.15) is 15.9 Å². The zero-order chi connectivity index (χ0) is 24.3. The van der Waals surface area contributed by atoms with E-state index in [9.17, 15) is 14.4 Å². The molecule has 0 aromatic heterocycles. The highest BCUT2D eigenvalue weighted by Crippen LogP contribution is 2.26. The minimum absolute atomic E-state index is 0.220. The first-order valence-electron chi connectivity index (χ1n) is 10.2. The van der Waals surface area contributed by atoms with Crippen molar-refractivity contribution in [3.63, 3.8) is 0 Å². The van der Waals surface area contributed by atoms with E-state index in [1.165, 1.54) is 18.9 Å². The number of nitrogens with zero attached hydrogens (tertiary/aromatic N) is 1. The third-order valence-electron chi connectivity index (χ3n) is 4.49. The van der Waals surface area contributed by atoms with Gasteiger partial charge in [0.25, 0.3) is 5.91 Å². The molecule has 2 amide bonds. The van der Waals surface area contributed by atoms with Crippen molar-refractivity contribution in [3.05, 3.63) is 90.0 Å². The lowest BCUT2D eigenvalue weighted by Gasteiger charge is -2.13. The summed E-state index contributed by atoms with van der Waals surface area (Å²) in [5, 5.41) is 5.53. The first-order valence-corrected chi connectivity index (χ1v) is 11.4. The number of aliphatic imine (C=N–C) groups is 1. The second-order valence-corrected chi connectivity index (χ2v) is 7.61. The molecule has 0 spiro atoms. The van der Waals surface area contributed by atoms with E-state index >= 15 is 0 Å². The van der Waals surface area contributed by atoms with Crippen LogP contribution < -0.4 is 15.4 Å². The molecule has 0 atom stereocenters. The summed E-state index contributed by atoms with van der Waals surface area (Å²) in [7, 11) is 1.25. The molecule has 2 N–H and O–H groups in total. The summed E-state index contributed by atoms with van der Waals surface area (Å²) in [5.41, 5.74) is 1.44. The molecule has 0 fully saturated rings. The van der Waals surface area contributed by atoms with Gasteiger partial charge in [-0.25, -0.2) is 9.79 Å². The number of hydrogen-bond acceptors (Lipinski definition) is 7. The Bertz CT molecular complexity index is 1180. The number of ketones is 1. The van der Waals surface area contributed by atoms with Crippen molar-refractivity contribution in [3.8, 4) is 5.75 Å². The van der Waals surface area contributed by atoms with Crippen LogP contribution in [0.3, 0.4) is 0 Å². The molecule has 0 radical (unpaired) electrons. The first kappa shape index (κ1) is 24.5. The molecule has 34 heavy (non-hydrogen) atoms. The topological polar surface area (TPSA) is 106 Å². The van der Waals surface area contributed by atoms with E-state index < -0.39 is 12.0 Å². The van der Waals surface area contributed by atoms with Gasteiger partial charge in [-0.05, 0) is 36.6 Å². The van der Waals surface area contributed by atoms with Crippen molar-refractivity contribution in [2.45, 2.75) is 0 Å². The highest BCUT2D eigenvalue weighted by molar-refractivity contribution is 8.13. The summed E-state index contributed by atoms with van der Waals surface area (Å²) < 4.78 is 10.1. The number of amidine groups is 1. The van der Waals surface area contributed by atoms with E-state index in [4.69, 9.17) is 4.74 Å². The molecule has 0 aliphatic carbocycles. The van der Waals surface area contributed by atoms with Crippen molar-refractivity contribution in [2.75, 3.05) is 25.3 Å². The fourth-order valence-corrected chi connectivity index (χ4v) is 3.26. The molecule has 0 unspecified atom stereocenters. The Kier molecular flexibility index (Phi) is 8.81. The second kappa shape index (κ2) is 12.2. The van der Waals surface area contributed by atoms with Gasteiger partial charge in [-0.3, -0.25) is 14.9 Å². The number of benzene rings is 3. The maximum Gasteiger partial charge on any atom is 0.412 e. The number of methoxy groups -OCH3 is 1. The zero-order valence-corrected chi connectivity index (χ0v) is 19.4. The summed E-state index contributed by atoms with van der Waals surface area (Å²) in [4.78, 5) is 41.7. The Morgan fingerprint density at radius 2 is 1.62 bits per heavy atom. The van der Waals surface area contributed by atoms with Gasteiger partial charge in [0.2, 0.25) is 0 Å². The van der Waals surface area contributed by atoms with Crippen LogP contribution in [0.15, 0.2) is 83.9 Å². The third-order valence-corrected chi connectivity index (χ3v) is 5.07. The number of thioether (sulfide) groups is 1. The average molecular weight is 478 g/mol. The predicted molar refractivity (Wildman–Crippen MR) is 133 cm³/mol. The zero-order valence-electron chi connectivity index (χ0n) is 18.6. The number of hydrogen-bond donors (Lipinski definition) is 2. The normalized spacial score (nSPS) is 10.8. The van der Waals surface area contributed by atoms with E-state index in [2.05, 4.69) is 20.4 Å².